The lowest BCUT2D eigenvalue weighted by Gasteiger charge is -2.10. The van der Waals surface area contributed by atoms with E-state index in [2.05, 4.69) is 75.6 Å². The minimum atomic E-state index is 0.419. The SMILES string of the molecule is Cc1ccc(NC2=NCC(c3ccccc3)S2)c(Br)c1. The topological polar surface area (TPSA) is 24.4 Å². The van der Waals surface area contributed by atoms with Crippen molar-refractivity contribution in [1.82, 2.24) is 0 Å². The van der Waals surface area contributed by atoms with Gasteiger partial charge in [-0.05, 0) is 46.1 Å². The highest BCUT2D eigenvalue weighted by atomic mass is 79.9. The number of hydrogen-bond acceptors (Lipinski definition) is 3. The Hall–Kier alpha value is -1.26. The Balaban J connectivity index is 1.69. The van der Waals surface area contributed by atoms with Crippen LogP contribution in [0.3, 0.4) is 0 Å². The minimum Gasteiger partial charge on any atom is -0.334 e. The largest absolute Gasteiger partial charge is 0.334 e. The normalized spacial score (nSPS) is 17.9. The first kappa shape index (κ1) is 13.7. The predicted octanol–water partition coefficient (Wildman–Crippen LogP) is 5.01. The molecule has 1 heterocycles. The lowest BCUT2D eigenvalue weighted by molar-refractivity contribution is 0.966. The van der Waals surface area contributed by atoms with Crippen LogP contribution in [0.5, 0.6) is 0 Å². The third-order valence-electron chi connectivity index (χ3n) is 3.19. The molecule has 1 aliphatic heterocycles. The molecule has 20 heavy (non-hydrogen) atoms. The number of hydrogen-bond donors (Lipinski definition) is 1. The number of amidine groups is 1. The van der Waals surface area contributed by atoms with E-state index in [1.54, 1.807) is 11.8 Å². The summed E-state index contributed by atoms with van der Waals surface area (Å²) in [5, 5.41) is 4.81. The number of halogens is 1. The summed E-state index contributed by atoms with van der Waals surface area (Å²) in [5.41, 5.74) is 3.64. The van der Waals surface area contributed by atoms with Crippen LogP contribution in [0, 0.1) is 6.92 Å². The molecule has 2 aromatic carbocycles. The summed E-state index contributed by atoms with van der Waals surface area (Å²) in [6, 6.07) is 16.8. The molecule has 3 rings (SSSR count). The van der Waals surface area contributed by atoms with Gasteiger partial charge in [-0.1, -0.05) is 48.2 Å². The number of benzene rings is 2. The molecular formula is C16H15BrN2S. The zero-order valence-corrected chi connectivity index (χ0v) is 13.5. The second-order valence-corrected chi connectivity index (χ2v) is 6.82. The summed E-state index contributed by atoms with van der Waals surface area (Å²) in [5.74, 6) is 0. The molecule has 102 valence electrons. The molecule has 0 aromatic heterocycles. The van der Waals surface area contributed by atoms with E-state index in [1.807, 2.05) is 6.07 Å². The number of anilines is 1. The highest BCUT2D eigenvalue weighted by Gasteiger charge is 2.21. The molecule has 0 spiro atoms. The fraction of sp³-hybridized carbons (Fsp3) is 0.188. The highest BCUT2D eigenvalue weighted by Crippen LogP contribution is 2.36. The van der Waals surface area contributed by atoms with Crippen molar-refractivity contribution in [3.63, 3.8) is 0 Å². The van der Waals surface area contributed by atoms with E-state index in [0.717, 1.165) is 21.9 Å². The molecule has 0 saturated carbocycles. The quantitative estimate of drug-likeness (QED) is 0.825. The van der Waals surface area contributed by atoms with Crippen LogP contribution in [-0.4, -0.2) is 11.7 Å². The Morgan fingerprint density at radius 3 is 2.75 bits per heavy atom. The van der Waals surface area contributed by atoms with Crippen LogP contribution in [0.1, 0.15) is 16.4 Å². The monoisotopic (exact) mass is 346 g/mol. The third kappa shape index (κ3) is 3.07. The first-order valence-electron chi connectivity index (χ1n) is 6.51. The van der Waals surface area contributed by atoms with E-state index in [0.29, 0.717) is 5.25 Å². The van der Waals surface area contributed by atoms with Crippen molar-refractivity contribution >= 4 is 38.5 Å². The maximum Gasteiger partial charge on any atom is 0.161 e. The van der Waals surface area contributed by atoms with Crippen LogP contribution >= 0.6 is 27.7 Å². The molecule has 2 aromatic rings. The third-order valence-corrected chi connectivity index (χ3v) is 5.01. The van der Waals surface area contributed by atoms with E-state index in [9.17, 15) is 0 Å². The van der Waals surface area contributed by atoms with Gasteiger partial charge in [-0.15, -0.1) is 0 Å². The fourth-order valence-electron chi connectivity index (χ4n) is 2.12. The zero-order valence-electron chi connectivity index (χ0n) is 11.1. The molecule has 1 unspecified atom stereocenters. The van der Waals surface area contributed by atoms with Crippen LogP contribution in [0.4, 0.5) is 5.69 Å². The van der Waals surface area contributed by atoms with Crippen molar-refractivity contribution in [1.29, 1.82) is 0 Å². The van der Waals surface area contributed by atoms with E-state index in [-0.39, 0.29) is 0 Å². The highest BCUT2D eigenvalue weighted by molar-refractivity contribution is 9.10. The summed E-state index contributed by atoms with van der Waals surface area (Å²) >= 11 is 5.38. The molecule has 4 heteroatoms. The lowest BCUT2D eigenvalue weighted by Crippen LogP contribution is -2.06. The van der Waals surface area contributed by atoms with Gasteiger partial charge in [-0.25, -0.2) is 0 Å². The Kier molecular flexibility index (Phi) is 4.13. The minimum absolute atomic E-state index is 0.419. The van der Waals surface area contributed by atoms with Crippen molar-refractivity contribution < 1.29 is 0 Å². The number of nitrogens with one attached hydrogen (secondary N) is 1. The first-order chi connectivity index (χ1) is 9.72. The van der Waals surface area contributed by atoms with Gasteiger partial charge < -0.3 is 5.32 Å². The van der Waals surface area contributed by atoms with Crippen LogP contribution in [0.25, 0.3) is 0 Å². The van der Waals surface area contributed by atoms with Gasteiger partial charge in [0.15, 0.2) is 5.17 Å². The van der Waals surface area contributed by atoms with Crippen molar-refractivity contribution in [2.45, 2.75) is 12.2 Å². The first-order valence-corrected chi connectivity index (χ1v) is 8.19. The summed E-state index contributed by atoms with van der Waals surface area (Å²) in [6.07, 6.45) is 0. The molecule has 0 saturated heterocycles. The van der Waals surface area contributed by atoms with Crippen molar-refractivity contribution in [3.8, 4) is 0 Å². The molecule has 0 amide bonds. The second kappa shape index (κ2) is 6.02. The Bertz CT molecular complexity index is 640. The average molecular weight is 347 g/mol. The van der Waals surface area contributed by atoms with Gasteiger partial charge in [0, 0.05) is 4.47 Å². The molecule has 0 radical (unpaired) electrons. The van der Waals surface area contributed by atoms with Crippen LogP contribution in [0.2, 0.25) is 0 Å². The van der Waals surface area contributed by atoms with Crippen molar-refractivity contribution in [2.75, 3.05) is 11.9 Å². The standard InChI is InChI=1S/C16H15BrN2S/c1-11-7-8-14(13(17)9-11)19-16-18-10-15(20-16)12-5-3-2-4-6-12/h2-9,15H,10H2,1H3,(H,18,19). The van der Waals surface area contributed by atoms with E-state index in [4.69, 9.17) is 0 Å². The Morgan fingerprint density at radius 1 is 1.20 bits per heavy atom. The second-order valence-electron chi connectivity index (χ2n) is 4.77. The molecule has 0 fully saturated rings. The molecule has 0 aliphatic carbocycles. The smallest absolute Gasteiger partial charge is 0.161 e. The van der Waals surface area contributed by atoms with Crippen LogP contribution in [-0.2, 0) is 0 Å². The van der Waals surface area contributed by atoms with Crippen LogP contribution in [0.15, 0.2) is 58.0 Å². The van der Waals surface area contributed by atoms with Crippen molar-refractivity contribution in [3.05, 3.63) is 64.1 Å². The maximum atomic E-state index is 4.60. The van der Waals surface area contributed by atoms with Gasteiger partial charge >= 0.3 is 0 Å². The molecule has 1 aliphatic rings. The molecule has 0 bridgehead atoms. The molecule has 2 nitrogen and oxygen atoms in total. The Morgan fingerprint density at radius 2 is 2.00 bits per heavy atom. The predicted molar refractivity (Wildman–Crippen MR) is 91.6 cm³/mol. The summed E-state index contributed by atoms with van der Waals surface area (Å²) in [4.78, 5) is 4.60. The maximum absolute atomic E-state index is 4.60. The van der Waals surface area contributed by atoms with Gasteiger partial charge in [0.25, 0.3) is 0 Å². The van der Waals surface area contributed by atoms with E-state index >= 15 is 0 Å². The van der Waals surface area contributed by atoms with Crippen LogP contribution < -0.4 is 5.32 Å². The van der Waals surface area contributed by atoms with E-state index in [1.165, 1.54) is 11.1 Å². The van der Waals surface area contributed by atoms with Gasteiger partial charge in [0.2, 0.25) is 0 Å². The van der Waals surface area contributed by atoms with Gasteiger partial charge in [-0.2, -0.15) is 0 Å². The average Bonchev–Trinajstić information content (AvgIpc) is 2.92. The van der Waals surface area contributed by atoms with Gasteiger partial charge in [-0.3, -0.25) is 4.99 Å². The van der Waals surface area contributed by atoms with E-state index < -0.39 is 0 Å². The van der Waals surface area contributed by atoms with Crippen molar-refractivity contribution in [2.24, 2.45) is 4.99 Å². The van der Waals surface area contributed by atoms with Gasteiger partial charge in [0.05, 0.1) is 17.5 Å². The number of rotatable bonds is 2. The molecule has 1 atom stereocenters. The number of thioether (sulfide) groups is 1. The summed E-state index contributed by atoms with van der Waals surface area (Å²) in [7, 11) is 0. The number of nitrogens with zero attached hydrogens (tertiary/aromatic N) is 1. The molecular weight excluding hydrogens is 332 g/mol. The lowest BCUT2D eigenvalue weighted by atomic mass is 10.1. The van der Waals surface area contributed by atoms with Gasteiger partial charge in [0.1, 0.15) is 0 Å². The Labute approximate surface area is 131 Å². The zero-order chi connectivity index (χ0) is 13.9. The molecule has 1 N–H and O–H groups in total. The summed E-state index contributed by atoms with van der Waals surface area (Å²) in [6.45, 7) is 2.92. The number of aryl methyl sites for hydroxylation is 1. The fourth-order valence-corrected chi connectivity index (χ4v) is 3.74. The number of aliphatic imine (C=N–C) groups is 1. The summed E-state index contributed by atoms with van der Waals surface area (Å²) < 4.78 is 1.07.